The number of aromatic nitrogens is 1. The number of thiophene rings is 1. The fourth-order valence-electron chi connectivity index (χ4n) is 3.62. The Labute approximate surface area is 198 Å². The molecule has 0 spiro atoms. The molecule has 1 saturated heterocycles. The number of amides is 1. The first-order chi connectivity index (χ1) is 15.1. The molecule has 6 nitrogen and oxygen atoms in total. The van der Waals surface area contributed by atoms with Gasteiger partial charge in [-0.2, -0.15) is 0 Å². The standard InChI is InChI=1S/C22H21BrN4O2S2/c1-29-17-8-3-2-6-15(17)25-19(28)9-11-27-21(18-12-14(23)13-31-18)20(26-22(27)30)16-7-4-5-10-24-16/h2-8,10,12-13,20-21H,9,11H2,1H3,(H,25,28)(H,26,30). The summed E-state index contributed by atoms with van der Waals surface area (Å²) < 4.78 is 6.34. The zero-order valence-corrected chi connectivity index (χ0v) is 20.0. The van der Waals surface area contributed by atoms with Crippen molar-refractivity contribution in [3.8, 4) is 5.75 Å². The van der Waals surface area contributed by atoms with Crippen LogP contribution < -0.4 is 15.4 Å². The molecule has 1 amide bonds. The van der Waals surface area contributed by atoms with Crippen LogP contribution in [0.15, 0.2) is 64.6 Å². The first-order valence-electron chi connectivity index (χ1n) is 9.71. The summed E-state index contributed by atoms with van der Waals surface area (Å²) in [4.78, 5) is 20.4. The summed E-state index contributed by atoms with van der Waals surface area (Å²) in [5.41, 5.74) is 1.57. The maximum Gasteiger partial charge on any atom is 0.226 e. The van der Waals surface area contributed by atoms with Crippen LogP contribution in [0.3, 0.4) is 0 Å². The average Bonchev–Trinajstić information content (AvgIpc) is 3.35. The molecular formula is C22H21BrN4O2S2. The second kappa shape index (κ2) is 9.76. The summed E-state index contributed by atoms with van der Waals surface area (Å²) >= 11 is 10.9. The summed E-state index contributed by atoms with van der Waals surface area (Å²) in [6.07, 6.45) is 2.07. The SMILES string of the molecule is COc1ccccc1NC(=O)CCN1C(=S)NC(c2ccccn2)C1c1cc(Br)cs1. The Morgan fingerprint density at radius 3 is 2.84 bits per heavy atom. The lowest BCUT2D eigenvalue weighted by Gasteiger charge is -2.26. The van der Waals surface area contributed by atoms with E-state index in [4.69, 9.17) is 17.0 Å². The topological polar surface area (TPSA) is 66.5 Å². The van der Waals surface area contributed by atoms with E-state index in [1.54, 1.807) is 24.6 Å². The highest BCUT2D eigenvalue weighted by molar-refractivity contribution is 9.10. The van der Waals surface area contributed by atoms with Gasteiger partial charge >= 0.3 is 0 Å². The van der Waals surface area contributed by atoms with Crippen LogP contribution in [0.1, 0.15) is 29.1 Å². The van der Waals surface area contributed by atoms with Gasteiger partial charge in [-0.05, 0) is 58.5 Å². The Balaban J connectivity index is 1.52. The van der Waals surface area contributed by atoms with Crippen molar-refractivity contribution in [1.29, 1.82) is 0 Å². The third kappa shape index (κ3) is 4.89. The van der Waals surface area contributed by atoms with Crippen LogP contribution in [0.2, 0.25) is 0 Å². The maximum absolute atomic E-state index is 12.7. The Hall–Kier alpha value is -2.49. The number of nitrogens with zero attached hydrogens (tertiary/aromatic N) is 2. The molecule has 3 heterocycles. The van der Waals surface area contributed by atoms with Crippen molar-refractivity contribution in [2.24, 2.45) is 0 Å². The normalized spacial score (nSPS) is 18.0. The number of ether oxygens (including phenoxy) is 1. The van der Waals surface area contributed by atoms with Gasteiger partial charge in [0.2, 0.25) is 5.91 Å². The number of anilines is 1. The highest BCUT2D eigenvalue weighted by atomic mass is 79.9. The number of rotatable bonds is 7. The molecule has 0 radical (unpaired) electrons. The van der Waals surface area contributed by atoms with Crippen LogP contribution in [-0.2, 0) is 4.79 Å². The molecule has 3 aromatic rings. The predicted octanol–water partition coefficient (Wildman–Crippen LogP) is 4.92. The van der Waals surface area contributed by atoms with E-state index in [2.05, 4.69) is 47.9 Å². The van der Waals surface area contributed by atoms with Gasteiger partial charge in [0.15, 0.2) is 5.11 Å². The molecule has 1 aromatic carbocycles. The number of hydrogen-bond acceptors (Lipinski definition) is 5. The minimum Gasteiger partial charge on any atom is -0.495 e. The number of benzene rings is 1. The van der Waals surface area contributed by atoms with Crippen molar-refractivity contribution in [1.82, 2.24) is 15.2 Å². The van der Waals surface area contributed by atoms with Gasteiger partial charge in [-0.25, -0.2) is 0 Å². The van der Waals surface area contributed by atoms with E-state index in [0.29, 0.717) is 23.1 Å². The first-order valence-corrected chi connectivity index (χ1v) is 11.8. The van der Waals surface area contributed by atoms with E-state index in [1.807, 2.05) is 42.5 Å². The summed E-state index contributed by atoms with van der Waals surface area (Å²) in [6.45, 7) is 0.482. The zero-order valence-electron chi connectivity index (χ0n) is 16.7. The summed E-state index contributed by atoms with van der Waals surface area (Å²) in [7, 11) is 1.58. The average molecular weight is 517 g/mol. The molecule has 1 fully saturated rings. The van der Waals surface area contributed by atoms with Gasteiger partial charge in [0, 0.05) is 33.9 Å². The molecule has 0 bridgehead atoms. The zero-order chi connectivity index (χ0) is 21.8. The summed E-state index contributed by atoms with van der Waals surface area (Å²) in [5, 5.41) is 9.01. The van der Waals surface area contributed by atoms with E-state index < -0.39 is 0 Å². The van der Waals surface area contributed by atoms with Crippen LogP contribution in [0.25, 0.3) is 0 Å². The van der Waals surface area contributed by atoms with Crippen molar-refractivity contribution in [3.63, 3.8) is 0 Å². The summed E-state index contributed by atoms with van der Waals surface area (Å²) in [5.74, 6) is 0.533. The lowest BCUT2D eigenvalue weighted by Crippen LogP contribution is -2.32. The minimum atomic E-state index is -0.0975. The first kappa shape index (κ1) is 21.7. The highest BCUT2D eigenvalue weighted by Gasteiger charge is 2.40. The number of methoxy groups -OCH3 is 1. The third-order valence-corrected chi connectivity index (χ3v) is 7.15. The number of hydrogen-bond donors (Lipinski definition) is 2. The van der Waals surface area contributed by atoms with Gasteiger partial charge in [-0.3, -0.25) is 9.78 Å². The van der Waals surface area contributed by atoms with Gasteiger partial charge in [-0.15, -0.1) is 11.3 Å². The van der Waals surface area contributed by atoms with Gasteiger partial charge in [0.1, 0.15) is 5.75 Å². The van der Waals surface area contributed by atoms with Crippen molar-refractivity contribution in [2.75, 3.05) is 19.0 Å². The van der Waals surface area contributed by atoms with Crippen LogP contribution in [0.5, 0.6) is 5.75 Å². The fourth-order valence-corrected chi connectivity index (χ4v) is 5.55. The predicted molar refractivity (Wildman–Crippen MR) is 130 cm³/mol. The Kier molecular flexibility index (Phi) is 6.84. The van der Waals surface area contributed by atoms with E-state index in [9.17, 15) is 4.79 Å². The molecule has 0 saturated carbocycles. The molecule has 2 aromatic heterocycles. The molecule has 9 heteroatoms. The van der Waals surface area contributed by atoms with Crippen LogP contribution in [-0.4, -0.2) is 34.6 Å². The molecule has 2 N–H and O–H groups in total. The van der Waals surface area contributed by atoms with Crippen LogP contribution in [0.4, 0.5) is 5.69 Å². The van der Waals surface area contributed by atoms with Gasteiger partial charge in [0.25, 0.3) is 0 Å². The number of carbonyl (C=O) groups is 1. The number of pyridine rings is 1. The largest absolute Gasteiger partial charge is 0.495 e. The lowest BCUT2D eigenvalue weighted by atomic mass is 10.0. The monoisotopic (exact) mass is 516 g/mol. The molecule has 160 valence electrons. The second-order valence-electron chi connectivity index (χ2n) is 6.99. The molecule has 0 aliphatic carbocycles. The molecule has 2 atom stereocenters. The van der Waals surface area contributed by atoms with Crippen LogP contribution in [0, 0.1) is 0 Å². The van der Waals surface area contributed by atoms with E-state index in [0.717, 1.165) is 15.0 Å². The third-order valence-electron chi connectivity index (χ3n) is 5.04. The van der Waals surface area contributed by atoms with E-state index in [1.165, 1.54) is 0 Å². The van der Waals surface area contributed by atoms with Crippen molar-refractivity contribution < 1.29 is 9.53 Å². The van der Waals surface area contributed by atoms with E-state index in [-0.39, 0.29) is 24.4 Å². The van der Waals surface area contributed by atoms with Gasteiger partial charge in [0.05, 0.1) is 30.6 Å². The number of para-hydroxylation sites is 2. The molecule has 1 aliphatic heterocycles. The van der Waals surface area contributed by atoms with Crippen molar-refractivity contribution in [2.45, 2.75) is 18.5 Å². The van der Waals surface area contributed by atoms with Gasteiger partial charge in [-0.1, -0.05) is 18.2 Å². The minimum absolute atomic E-state index is 0.0437. The second-order valence-corrected chi connectivity index (χ2v) is 9.23. The Morgan fingerprint density at radius 2 is 2.13 bits per heavy atom. The quantitative estimate of drug-likeness (QED) is 0.434. The van der Waals surface area contributed by atoms with E-state index >= 15 is 0 Å². The van der Waals surface area contributed by atoms with Gasteiger partial charge < -0.3 is 20.3 Å². The Morgan fingerprint density at radius 1 is 1.32 bits per heavy atom. The molecule has 2 unspecified atom stereocenters. The highest BCUT2D eigenvalue weighted by Crippen LogP contribution is 2.41. The van der Waals surface area contributed by atoms with Crippen molar-refractivity contribution in [3.05, 3.63) is 75.2 Å². The fraction of sp³-hybridized carbons (Fsp3) is 0.227. The number of nitrogens with one attached hydrogen (secondary N) is 2. The molecule has 4 rings (SSSR count). The molecular weight excluding hydrogens is 496 g/mol. The molecule has 31 heavy (non-hydrogen) atoms. The number of halogens is 1. The molecule has 1 aliphatic rings. The lowest BCUT2D eigenvalue weighted by molar-refractivity contribution is -0.116. The van der Waals surface area contributed by atoms with Crippen LogP contribution >= 0.6 is 39.5 Å². The maximum atomic E-state index is 12.7. The van der Waals surface area contributed by atoms with Crippen molar-refractivity contribution >= 4 is 56.2 Å². The summed E-state index contributed by atoms with van der Waals surface area (Å²) in [6, 6.07) is 15.2. The number of carbonyl (C=O) groups excluding carboxylic acids is 1. The smallest absolute Gasteiger partial charge is 0.226 e. The Bertz CT molecular complexity index is 1080. The number of thiocarbonyl (C=S) groups is 1.